The van der Waals surface area contributed by atoms with Crippen molar-refractivity contribution in [3.63, 3.8) is 0 Å². The highest BCUT2D eigenvalue weighted by atomic mass is 32.2. The van der Waals surface area contributed by atoms with Crippen molar-refractivity contribution in [3.05, 3.63) is 59.7 Å². The molecule has 2 N–H and O–H groups in total. The zero-order valence-electron chi connectivity index (χ0n) is 15.3. The van der Waals surface area contributed by atoms with E-state index in [1.54, 1.807) is 42.5 Å². The van der Waals surface area contributed by atoms with E-state index in [2.05, 4.69) is 20.2 Å². The number of benzene rings is 2. The molecule has 0 saturated carbocycles. The molecular weight excluding hydrogens is 380 g/mol. The number of hydrogen-bond donors (Lipinski definition) is 2. The van der Waals surface area contributed by atoms with Gasteiger partial charge in [-0.3, -0.25) is 4.72 Å². The van der Waals surface area contributed by atoms with Crippen molar-refractivity contribution in [3.8, 4) is 11.5 Å². The minimum atomic E-state index is -3.73. The molecule has 2 aromatic carbocycles. The maximum atomic E-state index is 12.5. The molecule has 9 heteroatoms. The fourth-order valence-electron chi connectivity index (χ4n) is 2.65. The molecule has 0 saturated heterocycles. The molecule has 1 aliphatic heterocycles. The Bertz CT molecular complexity index is 1130. The predicted octanol–water partition coefficient (Wildman–Crippen LogP) is 3.37. The molecular formula is C19H18N4O4S. The first-order valence-electron chi connectivity index (χ1n) is 8.51. The van der Waals surface area contributed by atoms with Crippen molar-refractivity contribution < 1.29 is 17.9 Å². The van der Waals surface area contributed by atoms with Crippen LogP contribution in [-0.4, -0.2) is 25.4 Å². The Kier molecular flexibility index (Phi) is 4.52. The molecule has 1 aliphatic rings. The molecule has 1 aromatic heterocycles. The minimum absolute atomic E-state index is 0.134. The summed E-state index contributed by atoms with van der Waals surface area (Å²) in [7, 11) is -3.73. The summed E-state index contributed by atoms with van der Waals surface area (Å²) in [6.07, 6.45) is 0. The van der Waals surface area contributed by atoms with Crippen LogP contribution in [0.2, 0.25) is 0 Å². The Hall–Kier alpha value is -3.33. The lowest BCUT2D eigenvalue weighted by atomic mass is 10.1. The van der Waals surface area contributed by atoms with Crippen LogP contribution in [0, 0.1) is 13.8 Å². The molecule has 0 unspecified atom stereocenters. The number of sulfonamides is 1. The normalized spacial score (nSPS) is 12.6. The molecule has 0 fully saturated rings. The third-order valence-corrected chi connectivity index (χ3v) is 5.69. The average Bonchev–Trinajstić information content (AvgIpc) is 3.13. The molecule has 28 heavy (non-hydrogen) atoms. The Labute approximate surface area is 162 Å². The average molecular weight is 398 g/mol. The zero-order valence-corrected chi connectivity index (χ0v) is 16.1. The maximum absolute atomic E-state index is 12.5. The smallest absolute Gasteiger partial charge is 0.263 e. The van der Waals surface area contributed by atoms with Gasteiger partial charge >= 0.3 is 0 Å². The van der Waals surface area contributed by atoms with Gasteiger partial charge in [-0.15, -0.1) is 10.2 Å². The van der Waals surface area contributed by atoms with Crippen molar-refractivity contribution in [2.75, 3.05) is 16.8 Å². The quantitative estimate of drug-likeness (QED) is 0.679. The lowest BCUT2D eigenvalue weighted by Crippen LogP contribution is -2.14. The molecule has 3 aromatic rings. The fraction of sp³-hybridized carbons (Fsp3) is 0.158. The summed E-state index contributed by atoms with van der Waals surface area (Å²) in [4.78, 5) is 0.181. The number of ether oxygens (including phenoxy) is 2. The Morgan fingerprint density at radius 2 is 1.61 bits per heavy atom. The minimum Gasteiger partial charge on any atom is -0.454 e. The topological polar surface area (TPSA) is 102 Å². The highest BCUT2D eigenvalue weighted by Gasteiger charge is 2.16. The van der Waals surface area contributed by atoms with E-state index in [1.807, 2.05) is 19.9 Å². The van der Waals surface area contributed by atoms with Crippen molar-refractivity contribution in [1.29, 1.82) is 0 Å². The summed E-state index contributed by atoms with van der Waals surface area (Å²) in [5.74, 6) is 1.94. The number of rotatable bonds is 5. The van der Waals surface area contributed by atoms with E-state index in [4.69, 9.17) is 9.47 Å². The largest absolute Gasteiger partial charge is 0.454 e. The Morgan fingerprint density at radius 1 is 0.857 bits per heavy atom. The summed E-state index contributed by atoms with van der Waals surface area (Å²) in [6, 6.07) is 13.6. The lowest BCUT2D eigenvalue weighted by molar-refractivity contribution is 0.174. The van der Waals surface area contributed by atoms with Crippen LogP contribution in [0.3, 0.4) is 0 Å². The van der Waals surface area contributed by atoms with Gasteiger partial charge in [0, 0.05) is 11.8 Å². The van der Waals surface area contributed by atoms with Gasteiger partial charge in [0.15, 0.2) is 23.1 Å². The van der Waals surface area contributed by atoms with Crippen molar-refractivity contribution >= 4 is 27.3 Å². The summed E-state index contributed by atoms with van der Waals surface area (Å²) in [5, 5.41) is 11.0. The first kappa shape index (κ1) is 18.1. The summed E-state index contributed by atoms with van der Waals surface area (Å²) < 4.78 is 38.1. The summed E-state index contributed by atoms with van der Waals surface area (Å²) in [5.41, 5.74) is 2.68. The van der Waals surface area contributed by atoms with E-state index in [9.17, 15) is 8.42 Å². The van der Waals surface area contributed by atoms with Gasteiger partial charge in [-0.2, -0.15) is 0 Å². The maximum Gasteiger partial charge on any atom is 0.263 e. The molecule has 0 aliphatic carbocycles. The van der Waals surface area contributed by atoms with Gasteiger partial charge in [0.1, 0.15) is 0 Å². The molecule has 0 spiro atoms. The molecule has 0 atom stereocenters. The van der Waals surface area contributed by atoms with Crippen LogP contribution < -0.4 is 19.5 Å². The van der Waals surface area contributed by atoms with Crippen LogP contribution in [0.15, 0.2) is 53.4 Å². The van der Waals surface area contributed by atoms with E-state index < -0.39 is 10.0 Å². The van der Waals surface area contributed by atoms with Crippen LogP contribution in [0.25, 0.3) is 0 Å². The standard InChI is InChI=1S/C19H18N4O4S/c1-12-3-5-15(9-13(12)2)28(24,25)23-19-8-7-18(21-22-19)20-14-4-6-16-17(10-14)27-11-26-16/h3-10H,11H2,1-2H3,(H,20,21)(H,22,23). The molecule has 0 radical (unpaired) electrons. The highest BCUT2D eigenvalue weighted by molar-refractivity contribution is 7.92. The van der Waals surface area contributed by atoms with E-state index >= 15 is 0 Å². The third-order valence-electron chi connectivity index (χ3n) is 4.34. The number of nitrogens with one attached hydrogen (secondary N) is 2. The number of aryl methyl sites for hydroxylation is 2. The number of hydrogen-bond acceptors (Lipinski definition) is 7. The van der Waals surface area contributed by atoms with Crippen LogP contribution in [0.1, 0.15) is 11.1 Å². The summed E-state index contributed by atoms with van der Waals surface area (Å²) in [6.45, 7) is 4.00. The predicted molar refractivity (Wildman–Crippen MR) is 105 cm³/mol. The number of anilines is 3. The number of fused-ring (bicyclic) bond motifs is 1. The first-order chi connectivity index (χ1) is 13.4. The molecule has 144 valence electrons. The van der Waals surface area contributed by atoms with Crippen LogP contribution in [0.4, 0.5) is 17.3 Å². The van der Waals surface area contributed by atoms with Crippen LogP contribution >= 0.6 is 0 Å². The van der Waals surface area contributed by atoms with E-state index in [1.165, 1.54) is 0 Å². The highest BCUT2D eigenvalue weighted by Crippen LogP contribution is 2.34. The molecule has 0 bridgehead atoms. The van der Waals surface area contributed by atoms with Gasteiger partial charge in [0.2, 0.25) is 6.79 Å². The molecule has 2 heterocycles. The second-order valence-corrected chi connectivity index (χ2v) is 8.03. The monoisotopic (exact) mass is 398 g/mol. The van der Waals surface area contributed by atoms with E-state index in [0.29, 0.717) is 17.3 Å². The van der Waals surface area contributed by atoms with Crippen molar-refractivity contribution in [2.24, 2.45) is 0 Å². The Balaban J connectivity index is 1.47. The first-order valence-corrected chi connectivity index (χ1v) is 9.99. The molecule has 4 rings (SSSR count). The fourth-order valence-corrected chi connectivity index (χ4v) is 3.73. The molecule has 8 nitrogen and oxygen atoms in total. The second-order valence-electron chi connectivity index (χ2n) is 6.35. The van der Waals surface area contributed by atoms with Gasteiger partial charge in [-0.05, 0) is 61.4 Å². The lowest BCUT2D eigenvalue weighted by Gasteiger charge is -2.10. The molecule has 0 amide bonds. The van der Waals surface area contributed by atoms with Gasteiger partial charge in [0.05, 0.1) is 4.90 Å². The SMILES string of the molecule is Cc1ccc(S(=O)(=O)Nc2ccc(Nc3ccc4c(c3)OCO4)nn2)cc1C. The van der Waals surface area contributed by atoms with Crippen LogP contribution in [0.5, 0.6) is 11.5 Å². The van der Waals surface area contributed by atoms with Crippen molar-refractivity contribution in [1.82, 2.24) is 10.2 Å². The second kappa shape index (κ2) is 7.01. The number of aromatic nitrogens is 2. The van der Waals surface area contributed by atoms with E-state index in [-0.39, 0.29) is 17.5 Å². The van der Waals surface area contributed by atoms with Crippen molar-refractivity contribution in [2.45, 2.75) is 18.7 Å². The van der Waals surface area contributed by atoms with Crippen LogP contribution in [-0.2, 0) is 10.0 Å². The number of nitrogens with zero attached hydrogens (tertiary/aromatic N) is 2. The zero-order chi connectivity index (χ0) is 19.7. The van der Waals surface area contributed by atoms with Gasteiger partial charge in [-0.25, -0.2) is 8.42 Å². The van der Waals surface area contributed by atoms with E-state index in [0.717, 1.165) is 16.8 Å². The third kappa shape index (κ3) is 3.70. The van der Waals surface area contributed by atoms with Gasteiger partial charge < -0.3 is 14.8 Å². The van der Waals surface area contributed by atoms with Gasteiger partial charge in [-0.1, -0.05) is 6.07 Å². The van der Waals surface area contributed by atoms with Gasteiger partial charge in [0.25, 0.3) is 10.0 Å². The Morgan fingerprint density at radius 3 is 2.36 bits per heavy atom. The summed E-state index contributed by atoms with van der Waals surface area (Å²) >= 11 is 0.